The first kappa shape index (κ1) is 12.7. The van der Waals surface area contributed by atoms with Crippen LogP contribution in [0.25, 0.3) is 0 Å². The molecular formula is C13H15N3OS. The van der Waals surface area contributed by atoms with Crippen molar-refractivity contribution in [3.63, 3.8) is 0 Å². The Bertz CT molecular complexity index is 536. The van der Waals surface area contributed by atoms with Crippen molar-refractivity contribution in [2.75, 3.05) is 6.54 Å². The molecule has 4 nitrogen and oxygen atoms in total. The predicted molar refractivity (Wildman–Crippen MR) is 71.9 cm³/mol. The molecule has 0 saturated carbocycles. The molecule has 2 aromatic heterocycles. The average molecular weight is 261 g/mol. The van der Waals surface area contributed by atoms with Crippen molar-refractivity contribution in [3.05, 3.63) is 45.7 Å². The largest absolute Gasteiger partial charge is 0.351 e. The Balaban J connectivity index is 1.87. The first-order valence-electron chi connectivity index (χ1n) is 5.79. The molecule has 5 heteroatoms. The zero-order valence-electron chi connectivity index (χ0n) is 10.4. The van der Waals surface area contributed by atoms with Crippen molar-refractivity contribution in [2.45, 2.75) is 20.3 Å². The van der Waals surface area contributed by atoms with Crippen LogP contribution < -0.4 is 5.32 Å². The maximum absolute atomic E-state index is 11.9. The van der Waals surface area contributed by atoms with E-state index in [2.05, 4.69) is 15.3 Å². The van der Waals surface area contributed by atoms with E-state index in [1.807, 2.05) is 32.0 Å². The highest BCUT2D eigenvalue weighted by atomic mass is 32.1. The summed E-state index contributed by atoms with van der Waals surface area (Å²) in [6.07, 6.45) is 2.50. The van der Waals surface area contributed by atoms with Gasteiger partial charge in [-0.2, -0.15) is 0 Å². The van der Waals surface area contributed by atoms with Crippen LogP contribution in [0.2, 0.25) is 0 Å². The average Bonchev–Trinajstić information content (AvgIpc) is 2.70. The van der Waals surface area contributed by atoms with Gasteiger partial charge in [-0.15, -0.1) is 11.3 Å². The summed E-state index contributed by atoms with van der Waals surface area (Å²) in [7, 11) is 0. The molecule has 0 fully saturated rings. The molecule has 2 heterocycles. The van der Waals surface area contributed by atoms with Crippen LogP contribution in [0.4, 0.5) is 0 Å². The van der Waals surface area contributed by atoms with Gasteiger partial charge in [0.05, 0.1) is 10.7 Å². The van der Waals surface area contributed by atoms with Crippen molar-refractivity contribution < 1.29 is 4.79 Å². The first-order valence-corrected chi connectivity index (χ1v) is 6.60. The molecule has 18 heavy (non-hydrogen) atoms. The van der Waals surface area contributed by atoms with Crippen molar-refractivity contribution in [1.29, 1.82) is 0 Å². The monoisotopic (exact) mass is 261 g/mol. The van der Waals surface area contributed by atoms with Crippen LogP contribution in [0, 0.1) is 13.8 Å². The minimum atomic E-state index is -0.0472. The molecule has 1 amide bonds. The van der Waals surface area contributed by atoms with E-state index in [1.54, 1.807) is 6.20 Å². The fourth-order valence-corrected chi connectivity index (χ4v) is 2.51. The number of nitrogens with one attached hydrogen (secondary N) is 1. The maximum atomic E-state index is 11.9. The van der Waals surface area contributed by atoms with E-state index in [0.717, 1.165) is 22.8 Å². The fourth-order valence-electron chi connectivity index (χ4n) is 1.67. The standard InChI is InChI=1S/C13H15N3OS/c1-9-12(18-10(2)16-9)13(17)15-8-6-11-5-3-4-7-14-11/h3-5,7H,6,8H2,1-2H3,(H,15,17). The first-order chi connectivity index (χ1) is 8.66. The van der Waals surface area contributed by atoms with Crippen molar-refractivity contribution in [3.8, 4) is 0 Å². The van der Waals surface area contributed by atoms with Gasteiger partial charge in [0.1, 0.15) is 4.88 Å². The molecule has 0 spiro atoms. The van der Waals surface area contributed by atoms with Crippen LogP contribution in [0.1, 0.15) is 26.1 Å². The molecule has 0 aliphatic carbocycles. The lowest BCUT2D eigenvalue weighted by Crippen LogP contribution is -2.25. The summed E-state index contributed by atoms with van der Waals surface area (Å²) in [6, 6.07) is 5.78. The van der Waals surface area contributed by atoms with E-state index in [9.17, 15) is 4.79 Å². The molecule has 0 radical (unpaired) electrons. The zero-order chi connectivity index (χ0) is 13.0. The molecule has 0 aliphatic heterocycles. The molecule has 94 valence electrons. The van der Waals surface area contributed by atoms with E-state index < -0.39 is 0 Å². The second kappa shape index (κ2) is 5.73. The van der Waals surface area contributed by atoms with Crippen LogP contribution in [-0.2, 0) is 6.42 Å². The molecule has 0 atom stereocenters. The Kier molecular flexibility index (Phi) is 4.04. The van der Waals surface area contributed by atoms with E-state index in [0.29, 0.717) is 11.4 Å². The Morgan fingerprint density at radius 1 is 1.39 bits per heavy atom. The second-order valence-electron chi connectivity index (χ2n) is 3.97. The number of pyridine rings is 1. The molecular weight excluding hydrogens is 246 g/mol. The topological polar surface area (TPSA) is 54.9 Å². The highest BCUT2D eigenvalue weighted by Crippen LogP contribution is 2.16. The summed E-state index contributed by atoms with van der Waals surface area (Å²) in [5.41, 5.74) is 1.78. The Morgan fingerprint density at radius 2 is 2.22 bits per heavy atom. The van der Waals surface area contributed by atoms with Gasteiger partial charge >= 0.3 is 0 Å². The number of hydrogen-bond donors (Lipinski definition) is 1. The summed E-state index contributed by atoms with van der Waals surface area (Å²) in [5.74, 6) is -0.0472. The van der Waals surface area contributed by atoms with Gasteiger partial charge in [-0.3, -0.25) is 9.78 Å². The lowest BCUT2D eigenvalue weighted by molar-refractivity contribution is 0.0957. The minimum absolute atomic E-state index is 0.0472. The van der Waals surface area contributed by atoms with Crippen LogP contribution in [0.15, 0.2) is 24.4 Å². The summed E-state index contributed by atoms with van der Waals surface area (Å²) in [4.78, 5) is 21.1. The lowest BCUT2D eigenvalue weighted by atomic mass is 10.2. The molecule has 0 bridgehead atoms. The van der Waals surface area contributed by atoms with Gasteiger partial charge in [-0.1, -0.05) is 6.07 Å². The van der Waals surface area contributed by atoms with E-state index in [-0.39, 0.29) is 5.91 Å². The van der Waals surface area contributed by atoms with Gasteiger partial charge in [0.25, 0.3) is 5.91 Å². The maximum Gasteiger partial charge on any atom is 0.263 e. The molecule has 1 N–H and O–H groups in total. The van der Waals surface area contributed by atoms with Crippen LogP contribution >= 0.6 is 11.3 Å². The van der Waals surface area contributed by atoms with Gasteiger partial charge in [0.15, 0.2) is 0 Å². The molecule has 0 aromatic carbocycles. The number of rotatable bonds is 4. The fraction of sp³-hybridized carbons (Fsp3) is 0.308. The Hall–Kier alpha value is -1.75. The number of thiazole rings is 1. The van der Waals surface area contributed by atoms with Gasteiger partial charge < -0.3 is 5.32 Å². The third-order valence-corrected chi connectivity index (χ3v) is 3.57. The normalized spacial score (nSPS) is 10.3. The Labute approximate surface area is 110 Å². The summed E-state index contributed by atoms with van der Waals surface area (Å²) in [6.45, 7) is 4.35. The van der Waals surface area contributed by atoms with Gasteiger partial charge in [-0.25, -0.2) is 4.98 Å². The highest BCUT2D eigenvalue weighted by Gasteiger charge is 2.12. The number of hydrogen-bond acceptors (Lipinski definition) is 4. The van der Waals surface area contributed by atoms with E-state index in [1.165, 1.54) is 11.3 Å². The van der Waals surface area contributed by atoms with Crippen molar-refractivity contribution >= 4 is 17.2 Å². The van der Waals surface area contributed by atoms with Crippen molar-refractivity contribution in [1.82, 2.24) is 15.3 Å². The van der Waals surface area contributed by atoms with Crippen LogP contribution in [0.5, 0.6) is 0 Å². The SMILES string of the molecule is Cc1nc(C)c(C(=O)NCCc2ccccn2)s1. The van der Waals surface area contributed by atoms with Crippen LogP contribution in [0.3, 0.4) is 0 Å². The minimum Gasteiger partial charge on any atom is -0.351 e. The number of amides is 1. The van der Waals surface area contributed by atoms with Gasteiger partial charge in [-0.05, 0) is 26.0 Å². The van der Waals surface area contributed by atoms with E-state index in [4.69, 9.17) is 0 Å². The Morgan fingerprint density at radius 3 is 2.83 bits per heavy atom. The molecule has 0 aliphatic rings. The number of aryl methyl sites for hydroxylation is 2. The van der Waals surface area contributed by atoms with Crippen LogP contribution in [-0.4, -0.2) is 22.4 Å². The second-order valence-corrected chi connectivity index (χ2v) is 5.18. The molecule has 2 rings (SSSR count). The van der Waals surface area contributed by atoms with Crippen molar-refractivity contribution in [2.24, 2.45) is 0 Å². The highest BCUT2D eigenvalue weighted by molar-refractivity contribution is 7.13. The molecule has 0 unspecified atom stereocenters. The summed E-state index contributed by atoms with van der Waals surface area (Å²) < 4.78 is 0. The third-order valence-electron chi connectivity index (χ3n) is 2.50. The zero-order valence-corrected chi connectivity index (χ0v) is 11.3. The molecule has 0 saturated heterocycles. The lowest BCUT2D eigenvalue weighted by Gasteiger charge is -2.03. The quantitative estimate of drug-likeness (QED) is 0.917. The number of nitrogens with zero attached hydrogens (tertiary/aromatic N) is 2. The third kappa shape index (κ3) is 3.13. The van der Waals surface area contributed by atoms with E-state index >= 15 is 0 Å². The molecule has 2 aromatic rings. The smallest absolute Gasteiger partial charge is 0.263 e. The van der Waals surface area contributed by atoms with Gasteiger partial charge in [0, 0.05) is 24.9 Å². The summed E-state index contributed by atoms with van der Waals surface area (Å²) in [5, 5.41) is 3.81. The number of carbonyl (C=O) groups is 1. The van der Waals surface area contributed by atoms with Gasteiger partial charge in [0.2, 0.25) is 0 Å². The number of aromatic nitrogens is 2. The summed E-state index contributed by atoms with van der Waals surface area (Å²) >= 11 is 1.43. The predicted octanol–water partition coefficient (Wildman–Crippen LogP) is 2.13. The number of carbonyl (C=O) groups excluding carboxylic acids is 1.